The summed E-state index contributed by atoms with van der Waals surface area (Å²) in [6.07, 6.45) is 0. The second-order valence-electron chi connectivity index (χ2n) is 9.05. The third-order valence-electron chi connectivity index (χ3n) is 6.11. The summed E-state index contributed by atoms with van der Waals surface area (Å²) in [6.45, 7) is 3.40. The third-order valence-corrected chi connectivity index (χ3v) is 6.11. The molecule has 1 heterocycles. The van der Waals surface area contributed by atoms with Crippen molar-refractivity contribution >= 4 is 22.6 Å². The van der Waals surface area contributed by atoms with Crippen LogP contribution in [0.1, 0.15) is 11.1 Å². The topological polar surface area (TPSA) is 87.0 Å². The van der Waals surface area contributed by atoms with E-state index in [-0.39, 0.29) is 23.5 Å². The second-order valence-corrected chi connectivity index (χ2v) is 9.05. The minimum Gasteiger partial charge on any atom is -0.497 e. The number of fused-ring (bicyclic) bond motifs is 1. The highest BCUT2D eigenvalue weighted by Gasteiger charge is 2.20. The lowest BCUT2D eigenvalue weighted by molar-refractivity contribution is -0.118. The van der Waals surface area contributed by atoms with Gasteiger partial charge in [-0.15, -0.1) is 0 Å². The Kier molecular flexibility index (Phi) is 7.32. The van der Waals surface area contributed by atoms with Gasteiger partial charge in [0.15, 0.2) is 12.4 Å². The van der Waals surface area contributed by atoms with Crippen LogP contribution >= 0.6 is 0 Å². The van der Waals surface area contributed by atoms with E-state index in [4.69, 9.17) is 18.6 Å². The molecule has 0 fully saturated rings. The molecule has 0 atom stereocenters. The number of amides is 1. The number of rotatable bonds is 8. The van der Waals surface area contributed by atoms with E-state index in [1.54, 1.807) is 55.6 Å². The first-order chi connectivity index (χ1) is 18.9. The fourth-order valence-electron chi connectivity index (χ4n) is 4.30. The van der Waals surface area contributed by atoms with Gasteiger partial charge in [0.2, 0.25) is 11.2 Å². The molecule has 7 heteroatoms. The zero-order chi connectivity index (χ0) is 27.4. The SMILES string of the molecule is COc1ccc(-c2oc3cc(C)cc(C)c3c(=O)c2OCC(=O)Nc2ccc(Oc3ccccc3)cc2)cc1. The minimum atomic E-state index is -0.424. The van der Waals surface area contributed by atoms with E-state index < -0.39 is 5.91 Å². The van der Waals surface area contributed by atoms with Gasteiger partial charge in [-0.3, -0.25) is 9.59 Å². The lowest BCUT2D eigenvalue weighted by atomic mass is 10.0. The fraction of sp³-hybridized carbons (Fsp3) is 0.125. The number of carbonyl (C=O) groups is 1. The van der Waals surface area contributed by atoms with Crippen LogP contribution in [0.2, 0.25) is 0 Å². The maximum atomic E-state index is 13.6. The third kappa shape index (κ3) is 5.78. The summed E-state index contributed by atoms with van der Waals surface area (Å²) in [5, 5.41) is 3.20. The van der Waals surface area contributed by atoms with Crippen molar-refractivity contribution in [1.29, 1.82) is 0 Å². The number of aryl methyl sites for hydroxylation is 2. The second kappa shape index (κ2) is 11.1. The Morgan fingerprint density at radius 3 is 2.21 bits per heavy atom. The lowest BCUT2D eigenvalue weighted by Gasteiger charge is -2.14. The molecule has 0 aliphatic heterocycles. The number of benzene rings is 4. The molecule has 39 heavy (non-hydrogen) atoms. The van der Waals surface area contributed by atoms with Gasteiger partial charge in [-0.05, 0) is 91.7 Å². The summed E-state index contributed by atoms with van der Waals surface area (Å²) < 4.78 is 23.1. The monoisotopic (exact) mass is 521 g/mol. The van der Waals surface area contributed by atoms with Gasteiger partial charge in [0.1, 0.15) is 22.8 Å². The molecule has 0 bridgehead atoms. The van der Waals surface area contributed by atoms with E-state index in [2.05, 4.69) is 5.32 Å². The Hall–Kier alpha value is -5.04. The van der Waals surface area contributed by atoms with E-state index in [0.29, 0.717) is 33.7 Å². The van der Waals surface area contributed by atoms with Gasteiger partial charge >= 0.3 is 0 Å². The van der Waals surface area contributed by atoms with Gasteiger partial charge in [-0.1, -0.05) is 24.3 Å². The summed E-state index contributed by atoms with van der Waals surface area (Å²) in [5.74, 6) is 1.81. The van der Waals surface area contributed by atoms with Crippen molar-refractivity contribution in [2.75, 3.05) is 19.0 Å². The molecular formula is C32H27NO6. The number of carbonyl (C=O) groups excluding carboxylic acids is 1. The molecule has 0 aliphatic carbocycles. The Balaban J connectivity index is 1.37. The Morgan fingerprint density at radius 1 is 0.846 bits per heavy atom. The molecule has 0 saturated heterocycles. The van der Waals surface area contributed by atoms with Crippen LogP contribution in [0.15, 0.2) is 100 Å². The van der Waals surface area contributed by atoms with Crippen molar-refractivity contribution in [1.82, 2.24) is 0 Å². The van der Waals surface area contributed by atoms with Crippen molar-refractivity contribution in [3.8, 4) is 34.3 Å². The van der Waals surface area contributed by atoms with Crippen LogP contribution in [0.25, 0.3) is 22.3 Å². The van der Waals surface area contributed by atoms with Crippen molar-refractivity contribution in [3.05, 3.63) is 112 Å². The fourth-order valence-corrected chi connectivity index (χ4v) is 4.30. The van der Waals surface area contributed by atoms with Crippen molar-refractivity contribution in [2.45, 2.75) is 13.8 Å². The Bertz CT molecular complexity index is 1670. The number of anilines is 1. The summed E-state index contributed by atoms with van der Waals surface area (Å²) >= 11 is 0. The molecule has 1 amide bonds. The van der Waals surface area contributed by atoms with Gasteiger partial charge in [0.25, 0.3) is 5.91 Å². The number of ether oxygens (including phenoxy) is 3. The van der Waals surface area contributed by atoms with Crippen LogP contribution < -0.4 is 25.0 Å². The lowest BCUT2D eigenvalue weighted by Crippen LogP contribution is -2.22. The number of hydrogen-bond acceptors (Lipinski definition) is 6. The molecule has 5 aromatic rings. The summed E-state index contributed by atoms with van der Waals surface area (Å²) in [5.41, 5.74) is 3.05. The number of methoxy groups -OCH3 is 1. The van der Waals surface area contributed by atoms with E-state index in [0.717, 1.165) is 16.9 Å². The van der Waals surface area contributed by atoms with Gasteiger partial charge in [-0.25, -0.2) is 0 Å². The zero-order valence-corrected chi connectivity index (χ0v) is 21.8. The van der Waals surface area contributed by atoms with Crippen LogP contribution in [0, 0.1) is 13.8 Å². The normalized spacial score (nSPS) is 10.7. The molecule has 0 radical (unpaired) electrons. The van der Waals surface area contributed by atoms with Crippen LogP contribution in [0.4, 0.5) is 5.69 Å². The zero-order valence-electron chi connectivity index (χ0n) is 21.8. The van der Waals surface area contributed by atoms with Crippen LogP contribution in [0.5, 0.6) is 23.0 Å². The molecule has 7 nitrogen and oxygen atoms in total. The van der Waals surface area contributed by atoms with Gasteiger partial charge < -0.3 is 23.9 Å². The van der Waals surface area contributed by atoms with Crippen molar-refractivity contribution in [3.63, 3.8) is 0 Å². The molecule has 4 aromatic carbocycles. The molecule has 1 N–H and O–H groups in total. The number of para-hydroxylation sites is 1. The van der Waals surface area contributed by atoms with E-state index in [1.807, 2.05) is 56.3 Å². The average molecular weight is 522 g/mol. The Morgan fingerprint density at radius 2 is 1.51 bits per heavy atom. The molecule has 196 valence electrons. The first-order valence-electron chi connectivity index (χ1n) is 12.4. The molecule has 1 aromatic heterocycles. The summed E-state index contributed by atoms with van der Waals surface area (Å²) in [4.78, 5) is 26.3. The van der Waals surface area contributed by atoms with Crippen LogP contribution in [-0.2, 0) is 4.79 Å². The minimum absolute atomic E-state index is 0.0265. The number of hydrogen-bond donors (Lipinski definition) is 1. The molecule has 0 saturated carbocycles. The molecule has 0 spiro atoms. The molecule has 0 aliphatic rings. The number of nitrogens with one attached hydrogen (secondary N) is 1. The molecule has 0 unspecified atom stereocenters. The highest BCUT2D eigenvalue weighted by atomic mass is 16.5. The van der Waals surface area contributed by atoms with Crippen LogP contribution in [-0.4, -0.2) is 19.6 Å². The van der Waals surface area contributed by atoms with Gasteiger partial charge in [0.05, 0.1) is 12.5 Å². The van der Waals surface area contributed by atoms with E-state index in [9.17, 15) is 9.59 Å². The van der Waals surface area contributed by atoms with E-state index in [1.165, 1.54) is 0 Å². The largest absolute Gasteiger partial charge is 0.497 e. The summed E-state index contributed by atoms with van der Waals surface area (Å²) in [6, 6.07) is 27.2. The van der Waals surface area contributed by atoms with Crippen molar-refractivity contribution < 1.29 is 23.4 Å². The highest BCUT2D eigenvalue weighted by molar-refractivity contribution is 5.92. The molecular weight excluding hydrogens is 494 g/mol. The standard InChI is InChI=1S/C32H27NO6/c1-20-17-21(2)29-27(18-20)39-31(22-9-13-24(36-3)14-10-22)32(30(29)35)37-19-28(34)33-23-11-15-26(16-12-23)38-25-7-5-4-6-8-25/h4-18H,19H2,1-3H3,(H,33,34). The maximum absolute atomic E-state index is 13.6. The summed E-state index contributed by atoms with van der Waals surface area (Å²) in [7, 11) is 1.58. The first kappa shape index (κ1) is 25.6. The maximum Gasteiger partial charge on any atom is 0.262 e. The van der Waals surface area contributed by atoms with Crippen molar-refractivity contribution in [2.24, 2.45) is 0 Å². The van der Waals surface area contributed by atoms with Gasteiger partial charge in [-0.2, -0.15) is 0 Å². The predicted octanol–water partition coefficient (Wildman–Crippen LogP) is 6.90. The molecule has 5 rings (SSSR count). The smallest absolute Gasteiger partial charge is 0.262 e. The van der Waals surface area contributed by atoms with Crippen LogP contribution in [0.3, 0.4) is 0 Å². The quantitative estimate of drug-likeness (QED) is 0.239. The average Bonchev–Trinajstić information content (AvgIpc) is 2.93. The Labute approximate surface area is 225 Å². The highest BCUT2D eigenvalue weighted by Crippen LogP contribution is 2.33. The predicted molar refractivity (Wildman–Crippen MR) is 151 cm³/mol. The first-order valence-corrected chi connectivity index (χ1v) is 12.4. The van der Waals surface area contributed by atoms with E-state index >= 15 is 0 Å². The van der Waals surface area contributed by atoms with Gasteiger partial charge in [0, 0.05) is 11.3 Å².